The monoisotopic (exact) mass is 430 g/mol. The van der Waals surface area contributed by atoms with Crippen LogP contribution in [0.25, 0.3) is 0 Å². The summed E-state index contributed by atoms with van der Waals surface area (Å²) in [5, 5.41) is -6.94. The van der Waals surface area contributed by atoms with Crippen molar-refractivity contribution < 1.29 is 57.3 Å². The number of carbonyl (C=O) groups excluding carboxylic acids is 1. The van der Waals surface area contributed by atoms with Crippen molar-refractivity contribution in [2.75, 3.05) is 0 Å². The summed E-state index contributed by atoms with van der Waals surface area (Å²) >= 11 is 4.11. The predicted molar refractivity (Wildman–Crippen MR) is 68.7 cm³/mol. The molecule has 1 fully saturated rings. The second-order valence-electron chi connectivity index (χ2n) is 4.87. The van der Waals surface area contributed by atoms with Crippen molar-refractivity contribution >= 4 is 28.5 Å². The molecule has 1 unspecified atom stereocenters. The van der Waals surface area contributed by atoms with E-state index in [-0.39, 0.29) is 5.25 Å². The summed E-state index contributed by atoms with van der Waals surface area (Å²) in [6, 6.07) is 0. The second-order valence-corrected chi connectivity index (χ2v) is 6.95. The molecule has 1 atom stereocenters. The predicted octanol–water partition coefficient (Wildman–Crippen LogP) is 3.73. The van der Waals surface area contributed by atoms with Crippen LogP contribution in [0.5, 0.6) is 0 Å². The normalized spacial score (nSPS) is 20.8. The highest BCUT2D eigenvalue weighted by molar-refractivity contribution is 7.87. The lowest BCUT2D eigenvalue weighted by atomic mass is 9.99. The largest absolute Gasteiger partial charge is 0.460 e. The third kappa shape index (κ3) is 4.93. The van der Waals surface area contributed by atoms with Crippen molar-refractivity contribution in [1.82, 2.24) is 0 Å². The third-order valence-corrected chi connectivity index (χ3v) is 4.41. The summed E-state index contributed by atoms with van der Waals surface area (Å²) < 4.78 is 134. The summed E-state index contributed by atoms with van der Waals surface area (Å²) in [4.78, 5) is 10.7. The van der Waals surface area contributed by atoms with Gasteiger partial charge in [0.05, 0.1) is 5.25 Å². The first-order valence-corrected chi connectivity index (χ1v) is 8.14. The van der Waals surface area contributed by atoms with Gasteiger partial charge in [-0.05, 0) is 12.8 Å². The Morgan fingerprint density at radius 3 is 1.60 bits per heavy atom. The SMILES string of the molecule is O=C1CCCCC1S.O=S(=O)(O)C(F)(F)C(F)(F)C(F)(F)C(F)(F)F. The number of halogens is 9. The number of Topliss-reactive ketones (excluding diaryl/α,β-unsaturated/α-hetero) is 1. The molecule has 4 nitrogen and oxygen atoms in total. The minimum Gasteiger partial charge on any atom is -0.298 e. The van der Waals surface area contributed by atoms with E-state index < -0.39 is 33.4 Å². The highest BCUT2D eigenvalue weighted by atomic mass is 32.2. The van der Waals surface area contributed by atoms with Crippen LogP contribution in [0.15, 0.2) is 0 Å². The summed E-state index contributed by atoms with van der Waals surface area (Å²) in [6.45, 7) is 0. The van der Waals surface area contributed by atoms with Crippen molar-refractivity contribution in [3.8, 4) is 0 Å². The Morgan fingerprint density at radius 2 is 1.36 bits per heavy atom. The molecule has 1 aliphatic rings. The van der Waals surface area contributed by atoms with E-state index >= 15 is 0 Å². The van der Waals surface area contributed by atoms with Crippen molar-refractivity contribution in [2.24, 2.45) is 0 Å². The Morgan fingerprint density at radius 1 is 0.920 bits per heavy atom. The zero-order chi connectivity index (χ0) is 20.5. The van der Waals surface area contributed by atoms with Crippen LogP contribution < -0.4 is 0 Å². The molecule has 0 aliphatic heterocycles. The highest BCUT2D eigenvalue weighted by Gasteiger charge is 2.85. The molecule has 0 heterocycles. The fourth-order valence-electron chi connectivity index (χ4n) is 1.49. The molecule has 15 heteroatoms. The maximum absolute atomic E-state index is 12.2. The average Bonchev–Trinajstić information content (AvgIpc) is 2.40. The molecule has 1 N–H and O–H groups in total. The topological polar surface area (TPSA) is 71.4 Å². The van der Waals surface area contributed by atoms with Gasteiger partial charge in [0.15, 0.2) is 0 Å². The van der Waals surface area contributed by atoms with E-state index in [0.29, 0.717) is 5.78 Å². The molecule has 0 spiro atoms. The number of carbonyl (C=O) groups is 1. The molecule has 1 saturated carbocycles. The van der Waals surface area contributed by atoms with Gasteiger partial charge in [-0.2, -0.15) is 60.6 Å². The summed E-state index contributed by atoms with van der Waals surface area (Å²) in [5.74, 6) is -14.4. The van der Waals surface area contributed by atoms with Crippen molar-refractivity contribution in [3.63, 3.8) is 0 Å². The smallest absolute Gasteiger partial charge is 0.298 e. The summed E-state index contributed by atoms with van der Waals surface area (Å²) in [5.41, 5.74) is 0. The molecule has 0 aromatic heterocycles. The van der Waals surface area contributed by atoms with Gasteiger partial charge in [-0.3, -0.25) is 9.35 Å². The van der Waals surface area contributed by atoms with E-state index in [1.807, 2.05) is 0 Å². The number of hydrogen-bond acceptors (Lipinski definition) is 4. The minimum absolute atomic E-state index is 0.0590. The van der Waals surface area contributed by atoms with Crippen LogP contribution in [0.4, 0.5) is 39.5 Å². The maximum atomic E-state index is 12.2. The molecular weight excluding hydrogens is 419 g/mol. The van der Waals surface area contributed by atoms with Crippen LogP contribution in [-0.4, -0.2) is 47.3 Å². The average molecular weight is 430 g/mol. The Labute approximate surface area is 140 Å². The van der Waals surface area contributed by atoms with Gasteiger partial charge in [0.1, 0.15) is 5.78 Å². The van der Waals surface area contributed by atoms with Gasteiger partial charge in [-0.25, -0.2) is 0 Å². The number of alkyl halides is 9. The first-order chi connectivity index (χ1) is 10.8. The van der Waals surface area contributed by atoms with Gasteiger partial charge in [-0.15, -0.1) is 0 Å². The van der Waals surface area contributed by atoms with E-state index in [4.69, 9.17) is 4.55 Å². The van der Waals surface area contributed by atoms with Crippen molar-refractivity contribution in [1.29, 1.82) is 0 Å². The van der Waals surface area contributed by atoms with Crippen LogP contribution in [0, 0.1) is 0 Å². The standard InChI is InChI=1S/C6H10OS.C4HF9O3S/c7-5-3-1-2-4-6(5)8;5-1(6,3(9,10)11)2(7,8)4(12,13)17(14,15)16/h6,8H,1-4H2;(H,14,15,16). The van der Waals surface area contributed by atoms with Gasteiger partial charge >= 0.3 is 33.4 Å². The molecule has 0 saturated heterocycles. The summed E-state index contributed by atoms with van der Waals surface area (Å²) in [7, 11) is -7.17. The van der Waals surface area contributed by atoms with E-state index in [9.17, 15) is 52.7 Å². The van der Waals surface area contributed by atoms with Crippen molar-refractivity contribution in [3.05, 3.63) is 0 Å². The zero-order valence-electron chi connectivity index (χ0n) is 11.8. The van der Waals surface area contributed by atoms with Crippen LogP contribution >= 0.6 is 12.6 Å². The van der Waals surface area contributed by atoms with Gasteiger partial charge in [0.25, 0.3) is 0 Å². The van der Waals surface area contributed by atoms with Crippen LogP contribution in [-0.2, 0) is 14.9 Å². The molecule has 0 bridgehead atoms. The third-order valence-electron chi connectivity index (χ3n) is 2.96. The molecule has 150 valence electrons. The molecule has 25 heavy (non-hydrogen) atoms. The van der Waals surface area contributed by atoms with Crippen LogP contribution in [0.3, 0.4) is 0 Å². The molecule has 1 aliphatic carbocycles. The second kappa shape index (κ2) is 7.50. The Kier molecular flexibility index (Phi) is 7.29. The molecule has 1 rings (SSSR count). The fraction of sp³-hybridized carbons (Fsp3) is 0.900. The van der Waals surface area contributed by atoms with E-state index in [0.717, 1.165) is 19.3 Å². The summed E-state index contributed by atoms with van der Waals surface area (Å²) in [6.07, 6.45) is -3.13. The van der Waals surface area contributed by atoms with Crippen LogP contribution in [0.2, 0.25) is 0 Å². The fourth-order valence-corrected chi connectivity index (χ4v) is 2.25. The number of thiol groups is 1. The first-order valence-electron chi connectivity index (χ1n) is 6.18. The molecule has 0 aromatic rings. The van der Waals surface area contributed by atoms with E-state index in [1.165, 1.54) is 6.42 Å². The van der Waals surface area contributed by atoms with Gasteiger partial charge in [0, 0.05) is 6.42 Å². The van der Waals surface area contributed by atoms with E-state index in [1.54, 1.807) is 0 Å². The maximum Gasteiger partial charge on any atom is 0.460 e. The van der Waals surface area contributed by atoms with Crippen LogP contribution in [0.1, 0.15) is 25.7 Å². The Hall–Kier alpha value is -0.700. The first kappa shape index (κ1) is 24.3. The zero-order valence-corrected chi connectivity index (χ0v) is 13.5. The highest BCUT2D eigenvalue weighted by Crippen LogP contribution is 2.54. The molecule has 0 amide bonds. The lowest BCUT2D eigenvalue weighted by Gasteiger charge is -2.31. The van der Waals surface area contributed by atoms with Gasteiger partial charge in [0.2, 0.25) is 0 Å². The Bertz CT molecular complexity index is 586. The lowest BCUT2D eigenvalue weighted by molar-refractivity contribution is -0.382. The number of hydrogen-bond donors (Lipinski definition) is 2. The van der Waals surface area contributed by atoms with Gasteiger partial charge < -0.3 is 0 Å². The quantitative estimate of drug-likeness (QED) is 0.407. The minimum atomic E-state index is -7.37. The van der Waals surface area contributed by atoms with Crippen molar-refractivity contribution in [2.45, 2.75) is 54.2 Å². The lowest BCUT2D eigenvalue weighted by Crippen LogP contribution is -2.63. The Balaban J connectivity index is 0.000000593. The van der Waals surface area contributed by atoms with Gasteiger partial charge in [-0.1, -0.05) is 6.42 Å². The van der Waals surface area contributed by atoms with E-state index in [2.05, 4.69) is 12.6 Å². The number of ketones is 1. The molecular formula is C10H11F9O4S2. The number of rotatable bonds is 3. The molecule has 0 radical (unpaired) electrons. The molecule has 0 aromatic carbocycles.